The molecular formula is C13H15NO5S. The summed E-state index contributed by atoms with van der Waals surface area (Å²) in [6, 6.07) is 0. The highest BCUT2D eigenvalue weighted by atomic mass is 32.2. The second kappa shape index (κ2) is 4.31. The number of allylic oxidation sites excluding steroid dienone is 2. The monoisotopic (exact) mass is 297 g/mol. The second-order valence-electron chi connectivity index (χ2n) is 4.89. The minimum absolute atomic E-state index is 0.0269. The van der Waals surface area contributed by atoms with Gasteiger partial charge in [0.1, 0.15) is 5.70 Å². The van der Waals surface area contributed by atoms with Crippen LogP contribution >= 0.6 is 0 Å². The van der Waals surface area contributed by atoms with Crippen LogP contribution in [0.25, 0.3) is 0 Å². The molecule has 2 rings (SSSR count). The van der Waals surface area contributed by atoms with Gasteiger partial charge in [0.25, 0.3) is 5.91 Å². The number of β-lactam (4-membered cyclic amide) rings is 1. The second-order valence-corrected chi connectivity index (χ2v) is 6.84. The molecule has 0 aromatic heterocycles. The smallest absolute Gasteiger partial charge is 0.355 e. The molecule has 0 aliphatic carbocycles. The van der Waals surface area contributed by atoms with Crippen molar-refractivity contribution in [1.29, 1.82) is 0 Å². The van der Waals surface area contributed by atoms with Crippen LogP contribution in [0.4, 0.5) is 0 Å². The number of methoxy groups -OCH3 is 1. The van der Waals surface area contributed by atoms with E-state index in [2.05, 4.69) is 11.3 Å². The third kappa shape index (κ3) is 1.59. The number of hydrogen-bond acceptors (Lipinski definition) is 5. The zero-order valence-electron chi connectivity index (χ0n) is 11.7. The SMILES string of the molecule is C=C1C(=O)N2C(C(=O)OC)=C(C)C(=C(C)C)S(=O)(=O)C12. The summed E-state index contributed by atoms with van der Waals surface area (Å²) in [4.78, 5) is 24.7. The maximum Gasteiger partial charge on any atom is 0.355 e. The third-order valence-corrected chi connectivity index (χ3v) is 5.74. The van der Waals surface area contributed by atoms with Gasteiger partial charge in [-0.05, 0) is 26.3 Å². The maximum absolute atomic E-state index is 12.5. The lowest BCUT2D eigenvalue weighted by molar-refractivity contribution is -0.144. The maximum atomic E-state index is 12.5. The molecule has 0 bridgehead atoms. The number of sulfone groups is 1. The lowest BCUT2D eigenvalue weighted by Crippen LogP contribution is -2.61. The highest BCUT2D eigenvalue weighted by Gasteiger charge is 2.57. The lowest BCUT2D eigenvalue weighted by Gasteiger charge is -2.45. The van der Waals surface area contributed by atoms with Crippen LogP contribution in [0.15, 0.2) is 33.9 Å². The molecule has 1 amide bonds. The Balaban J connectivity index is 2.83. The van der Waals surface area contributed by atoms with E-state index in [1.165, 1.54) is 14.0 Å². The Morgan fingerprint density at radius 1 is 1.35 bits per heavy atom. The van der Waals surface area contributed by atoms with Crippen LogP contribution in [0.1, 0.15) is 20.8 Å². The van der Waals surface area contributed by atoms with Gasteiger partial charge < -0.3 is 4.74 Å². The summed E-state index contributed by atoms with van der Waals surface area (Å²) in [6.45, 7) is 8.28. The topological polar surface area (TPSA) is 80.8 Å². The van der Waals surface area contributed by atoms with Gasteiger partial charge in [0.05, 0.1) is 12.0 Å². The molecule has 7 heteroatoms. The van der Waals surface area contributed by atoms with E-state index < -0.39 is 27.1 Å². The zero-order chi connectivity index (χ0) is 15.4. The molecule has 0 radical (unpaired) electrons. The zero-order valence-corrected chi connectivity index (χ0v) is 12.5. The highest BCUT2D eigenvalue weighted by molar-refractivity contribution is 7.96. The Hall–Kier alpha value is -1.89. The van der Waals surface area contributed by atoms with E-state index in [0.717, 1.165) is 4.90 Å². The van der Waals surface area contributed by atoms with Crippen molar-refractivity contribution in [2.45, 2.75) is 26.1 Å². The quantitative estimate of drug-likeness (QED) is 0.408. The van der Waals surface area contributed by atoms with E-state index in [-0.39, 0.29) is 21.7 Å². The number of ether oxygens (including phenoxy) is 1. The van der Waals surface area contributed by atoms with Gasteiger partial charge >= 0.3 is 5.97 Å². The van der Waals surface area contributed by atoms with Crippen LogP contribution in [0.5, 0.6) is 0 Å². The van der Waals surface area contributed by atoms with Gasteiger partial charge in [0, 0.05) is 5.57 Å². The van der Waals surface area contributed by atoms with E-state index in [4.69, 9.17) is 0 Å². The summed E-state index contributed by atoms with van der Waals surface area (Å²) in [5.41, 5.74) is 0.725. The predicted molar refractivity (Wildman–Crippen MR) is 71.8 cm³/mol. The fourth-order valence-corrected chi connectivity index (χ4v) is 4.89. The fraction of sp³-hybridized carbons (Fsp3) is 0.385. The van der Waals surface area contributed by atoms with Crippen molar-refractivity contribution in [3.8, 4) is 0 Å². The molecule has 0 spiro atoms. The van der Waals surface area contributed by atoms with Gasteiger partial charge in [-0.2, -0.15) is 0 Å². The molecule has 2 aliphatic heterocycles. The molecule has 20 heavy (non-hydrogen) atoms. The standard InChI is InChI=1S/C13H15NO5S/c1-6(2)10-7(3)9(13(16)19-5)14-11(15)8(4)12(14)20(10,17)18/h12H,4H2,1-3,5H3. The number of rotatable bonds is 1. The highest BCUT2D eigenvalue weighted by Crippen LogP contribution is 2.45. The molecule has 1 atom stereocenters. The average molecular weight is 297 g/mol. The number of hydrogen-bond donors (Lipinski definition) is 0. The Morgan fingerprint density at radius 3 is 2.35 bits per heavy atom. The molecule has 2 aliphatic rings. The van der Waals surface area contributed by atoms with Gasteiger partial charge in [0.2, 0.25) is 9.84 Å². The Morgan fingerprint density at radius 2 is 1.90 bits per heavy atom. The summed E-state index contributed by atoms with van der Waals surface area (Å²) in [7, 11) is -2.57. The number of esters is 1. The van der Waals surface area contributed by atoms with Crippen molar-refractivity contribution < 1.29 is 22.7 Å². The normalized spacial score (nSPS) is 24.3. The van der Waals surface area contributed by atoms with Gasteiger partial charge in [-0.1, -0.05) is 12.2 Å². The largest absolute Gasteiger partial charge is 0.464 e. The fourth-order valence-electron chi connectivity index (χ4n) is 2.62. The molecule has 1 fully saturated rings. The van der Waals surface area contributed by atoms with Crippen molar-refractivity contribution in [2.24, 2.45) is 0 Å². The van der Waals surface area contributed by atoms with Crippen molar-refractivity contribution in [3.05, 3.63) is 33.9 Å². The predicted octanol–water partition coefficient (Wildman–Crippen LogP) is 0.880. The third-order valence-electron chi connectivity index (χ3n) is 3.37. The van der Waals surface area contributed by atoms with Crippen molar-refractivity contribution >= 4 is 21.7 Å². The Kier molecular flexibility index (Phi) is 3.13. The summed E-state index contributed by atoms with van der Waals surface area (Å²) in [6.07, 6.45) is 0. The summed E-state index contributed by atoms with van der Waals surface area (Å²) in [5.74, 6) is -1.30. The number of amides is 1. The molecule has 2 heterocycles. The summed E-state index contributed by atoms with van der Waals surface area (Å²) >= 11 is 0. The molecular weight excluding hydrogens is 282 g/mol. The first kappa shape index (κ1) is 14.5. The molecule has 1 saturated heterocycles. The number of carbonyl (C=O) groups excluding carboxylic acids is 2. The molecule has 0 aromatic carbocycles. The average Bonchev–Trinajstić information content (AvgIpc) is 2.35. The lowest BCUT2D eigenvalue weighted by atomic mass is 10.0. The van der Waals surface area contributed by atoms with Crippen LogP contribution in [0, 0.1) is 0 Å². The number of carbonyl (C=O) groups is 2. The number of nitrogens with zero attached hydrogens (tertiary/aromatic N) is 1. The van der Waals surface area contributed by atoms with Crippen molar-refractivity contribution in [3.63, 3.8) is 0 Å². The van der Waals surface area contributed by atoms with Crippen molar-refractivity contribution in [2.75, 3.05) is 7.11 Å². The molecule has 0 saturated carbocycles. The van der Waals surface area contributed by atoms with E-state index in [9.17, 15) is 18.0 Å². The minimum atomic E-state index is -3.75. The first-order chi connectivity index (χ1) is 9.16. The van der Waals surface area contributed by atoms with Crippen LogP contribution < -0.4 is 0 Å². The van der Waals surface area contributed by atoms with Gasteiger partial charge in [-0.3, -0.25) is 9.69 Å². The minimum Gasteiger partial charge on any atom is -0.464 e. The van der Waals surface area contributed by atoms with Crippen LogP contribution in [0.3, 0.4) is 0 Å². The molecule has 6 nitrogen and oxygen atoms in total. The van der Waals surface area contributed by atoms with E-state index in [1.54, 1.807) is 13.8 Å². The molecule has 0 aromatic rings. The summed E-state index contributed by atoms with van der Waals surface area (Å²) < 4.78 is 29.7. The van der Waals surface area contributed by atoms with Gasteiger partial charge in [-0.25, -0.2) is 13.2 Å². The first-order valence-corrected chi connectivity index (χ1v) is 7.44. The van der Waals surface area contributed by atoms with Crippen LogP contribution in [-0.2, 0) is 24.2 Å². The van der Waals surface area contributed by atoms with Gasteiger partial charge in [0.15, 0.2) is 5.37 Å². The Labute approximate surface area is 117 Å². The molecule has 1 unspecified atom stereocenters. The van der Waals surface area contributed by atoms with Gasteiger partial charge in [-0.15, -0.1) is 0 Å². The van der Waals surface area contributed by atoms with Crippen LogP contribution in [-0.4, -0.2) is 37.7 Å². The van der Waals surface area contributed by atoms with E-state index in [0.29, 0.717) is 5.57 Å². The molecule has 108 valence electrons. The number of fused-ring (bicyclic) bond motifs is 1. The van der Waals surface area contributed by atoms with Crippen molar-refractivity contribution in [1.82, 2.24) is 4.90 Å². The van der Waals surface area contributed by atoms with E-state index >= 15 is 0 Å². The van der Waals surface area contributed by atoms with E-state index in [1.807, 2.05) is 0 Å². The van der Waals surface area contributed by atoms with Crippen LogP contribution in [0.2, 0.25) is 0 Å². The molecule has 0 N–H and O–H groups in total. The summed E-state index contributed by atoms with van der Waals surface area (Å²) in [5, 5.41) is -1.20. The Bertz CT molecular complexity index is 707. The first-order valence-electron chi connectivity index (χ1n) is 5.89.